The van der Waals surface area contributed by atoms with Crippen LogP contribution in [0.15, 0.2) is 36.5 Å². The van der Waals surface area contributed by atoms with Crippen LogP contribution in [-0.2, 0) is 16.4 Å². The maximum Gasteiger partial charge on any atom is 0.151 e. The van der Waals surface area contributed by atoms with Crippen molar-refractivity contribution in [2.24, 2.45) is 0 Å². The molecule has 0 fully saturated rings. The Morgan fingerprint density at radius 1 is 1.25 bits per heavy atom. The Balaban J connectivity index is 1.94. The molecule has 0 radical (unpaired) electrons. The highest BCUT2D eigenvalue weighted by Crippen LogP contribution is 2.20. The van der Waals surface area contributed by atoms with E-state index in [0.29, 0.717) is 13.1 Å². The zero-order valence-corrected chi connectivity index (χ0v) is 12.3. The number of benzene rings is 1. The van der Waals surface area contributed by atoms with Gasteiger partial charge in [0, 0.05) is 24.4 Å². The summed E-state index contributed by atoms with van der Waals surface area (Å²) in [6, 6.07) is 9.94. The number of aromatic amines is 1. The number of sulfone groups is 1. The first-order valence-electron chi connectivity index (χ1n) is 6.61. The Bertz CT molecular complexity index is 635. The van der Waals surface area contributed by atoms with E-state index >= 15 is 0 Å². The lowest BCUT2D eigenvalue weighted by molar-refractivity contribution is 0.592. The minimum atomic E-state index is -2.91. The van der Waals surface area contributed by atoms with Crippen molar-refractivity contribution >= 4 is 9.84 Å². The molecule has 5 nitrogen and oxygen atoms in total. The van der Waals surface area contributed by atoms with E-state index in [9.17, 15) is 8.42 Å². The van der Waals surface area contributed by atoms with Gasteiger partial charge in [-0.1, -0.05) is 37.3 Å². The molecular formula is C14H19N3O2S. The van der Waals surface area contributed by atoms with Gasteiger partial charge in [-0.2, -0.15) is 5.10 Å². The van der Waals surface area contributed by atoms with Gasteiger partial charge in [0.25, 0.3) is 0 Å². The summed E-state index contributed by atoms with van der Waals surface area (Å²) < 4.78 is 22.8. The summed E-state index contributed by atoms with van der Waals surface area (Å²) >= 11 is 0. The van der Waals surface area contributed by atoms with Gasteiger partial charge in [0.15, 0.2) is 9.84 Å². The summed E-state index contributed by atoms with van der Waals surface area (Å²) in [5, 5.41) is 10.2. The lowest BCUT2D eigenvalue weighted by atomic mass is 10.1. The molecule has 0 amide bonds. The third kappa shape index (κ3) is 3.91. The van der Waals surface area contributed by atoms with E-state index in [-0.39, 0.29) is 11.5 Å². The molecule has 0 saturated carbocycles. The summed E-state index contributed by atoms with van der Waals surface area (Å²) in [5.41, 5.74) is 3.07. The average Bonchev–Trinajstić information content (AvgIpc) is 2.93. The molecule has 0 saturated heterocycles. The van der Waals surface area contributed by atoms with Crippen molar-refractivity contribution in [2.75, 3.05) is 18.1 Å². The highest BCUT2D eigenvalue weighted by atomic mass is 32.2. The van der Waals surface area contributed by atoms with Crippen molar-refractivity contribution < 1.29 is 8.42 Å². The van der Waals surface area contributed by atoms with Crippen LogP contribution in [0.4, 0.5) is 0 Å². The smallest absolute Gasteiger partial charge is 0.151 e. The predicted molar refractivity (Wildman–Crippen MR) is 80.1 cm³/mol. The lowest BCUT2D eigenvalue weighted by Crippen LogP contribution is -2.23. The fraction of sp³-hybridized carbons (Fsp3) is 0.357. The van der Waals surface area contributed by atoms with Gasteiger partial charge in [0.1, 0.15) is 0 Å². The number of nitrogens with zero attached hydrogens (tertiary/aromatic N) is 1. The SMILES string of the molecule is CCS(=O)(=O)CCNCc1cn[nH]c1-c1ccccc1. The van der Waals surface area contributed by atoms with Crippen LogP contribution in [0, 0.1) is 0 Å². The Labute approximate surface area is 119 Å². The predicted octanol–water partition coefficient (Wildman–Crippen LogP) is 1.60. The largest absolute Gasteiger partial charge is 0.312 e. The molecule has 0 aliphatic rings. The first-order chi connectivity index (χ1) is 9.62. The first-order valence-corrected chi connectivity index (χ1v) is 8.43. The second-order valence-corrected chi connectivity index (χ2v) is 7.02. The maximum absolute atomic E-state index is 11.4. The van der Waals surface area contributed by atoms with E-state index < -0.39 is 9.84 Å². The van der Waals surface area contributed by atoms with Crippen molar-refractivity contribution in [3.05, 3.63) is 42.1 Å². The summed E-state index contributed by atoms with van der Waals surface area (Å²) in [7, 11) is -2.91. The van der Waals surface area contributed by atoms with Crippen molar-refractivity contribution in [3.8, 4) is 11.3 Å². The van der Waals surface area contributed by atoms with Crippen LogP contribution in [0.1, 0.15) is 12.5 Å². The molecule has 1 heterocycles. The normalized spacial score (nSPS) is 11.7. The van der Waals surface area contributed by atoms with Crippen LogP contribution in [0.3, 0.4) is 0 Å². The third-order valence-corrected chi connectivity index (χ3v) is 4.83. The Kier molecular flexibility index (Phi) is 4.92. The molecule has 108 valence electrons. The van der Waals surface area contributed by atoms with Crippen molar-refractivity contribution in [1.82, 2.24) is 15.5 Å². The summed E-state index contributed by atoms with van der Waals surface area (Å²) in [6.45, 7) is 2.72. The van der Waals surface area contributed by atoms with Crippen LogP contribution in [0.25, 0.3) is 11.3 Å². The molecule has 20 heavy (non-hydrogen) atoms. The molecule has 2 rings (SSSR count). The summed E-state index contributed by atoms with van der Waals surface area (Å²) in [5.74, 6) is 0.359. The van der Waals surface area contributed by atoms with Crippen LogP contribution >= 0.6 is 0 Å². The zero-order valence-electron chi connectivity index (χ0n) is 11.5. The highest BCUT2D eigenvalue weighted by Gasteiger charge is 2.09. The first kappa shape index (κ1) is 14.7. The fourth-order valence-electron chi connectivity index (χ4n) is 1.89. The van der Waals surface area contributed by atoms with Crippen LogP contribution in [-0.4, -0.2) is 36.7 Å². The number of nitrogens with one attached hydrogen (secondary N) is 2. The summed E-state index contributed by atoms with van der Waals surface area (Å²) in [4.78, 5) is 0. The molecule has 2 N–H and O–H groups in total. The van der Waals surface area contributed by atoms with Crippen molar-refractivity contribution in [1.29, 1.82) is 0 Å². The van der Waals surface area contributed by atoms with E-state index in [0.717, 1.165) is 16.8 Å². The van der Waals surface area contributed by atoms with Gasteiger partial charge in [0.05, 0.1) is 17.6 Å². The van der Waals surface area contributed by atoms with E-state index in [1.54, 1.807) is 13.1 Å². The molecule has 0 spiro atoms. The molecule has 1 aromatic carbocycles. The number of aromatic nitrogens is 2. The van der Waals surface area contributed by atoms with Crippen LogP contribution < -0.4 is 5.32 Å². The van der Waals surface area contributed by atoms with Crippen LogP contribution in [0.5, 0.6) is 0 Å². The van der Waals surface area contributed by atoms with E-state index in [1.807, 2.05) is 30.3 Å². The molecule has 2 aromatic rings. The number of hydrogen-bond donors (Lipinski definition) is 2. The van der Waals surface area contributed by atoms with Gasteiger partial charge in [0.2, 0.25) is 0 Å². The zero-order chi connectivity index (χ0) is 14.4. The molecule has 0 bridgehead atoms. The Hall–Kier alpha value is -1.66. The standard InChI is InChI=1S/C14H19N3O2S/c1-2-20(18,19)9-8-15-10-13-11-16-17-14(13)12-6-4-3-5-7-12/h3-7,11,15H,2,8-10H2,1H3,(H,16,17). The number of rotatable bonds is 7. The van der Waals surface area contributed by atoms with Gasteiger partial charge in [-0.05, 0) is 5.56 Å². The molecular weight excluding hydrogens is 274 g/mol. The maximum atomic E-state index is 11.4. The molecule has 0 aliphatic heterocycles. The molecule has 1 aromatic heterocycles. The topological polar surface area (TPSA) is 74.8 Å². The molecule has 0 atom stereocenters. The Morgan fingerprint density at radius 3 is 2.70 bits per heavy atom. The fourth-order valence-corrected chi connectivity index (χ4v) is 2.64. The number of hydrogen-bond acceptors (Lipinski definition) is 4. The quantitative estimate of drug-likeness (QED) is 0.760. The monoisotopic (exact) mass is 293 g/mol. The van der Waals surface area contributed by atoms with Gasteiger partial charge < -0.3 is 5.32 Å². The van der Waals surface area contributed by atoms with Gasteiger partial charge in [-0.3, -0.25) is 5.10 Å². The van der Waals surface area contributed by atoms with E-state index in [4.69, 9.17) is 0 Å². The average molecular weight is 293 g/mol. The number of H-pyrrole nitrogens is 1. The molecule has 0 aliphatic carbocycles. The minimum Gasteiger partial charge on any atom is -0.312 e. The summed E-state index contributed by atoms with van der Waals surface area (Å²) in [6.07, 6.45) is 1.77. The second kappa shape index (κ2) is 6.67. The minimum absolute atomic E-state index is 0.169. The van der Waals surface area contributed by atoms with Gasteiger partial charge in [-0.15, -0.1) is 0 Å². The lowest BCUT2D eigenvalue weighted by Gasteiger charge is -2.06. The van der Waals surface area contributed by atoms with E-state index in [2.05, 4.69) is 15.5 Å². The Morgan fingerprint density at radius 2 is 2.00 bits per heavy atom. The molecule has 0 unspecified atom stereocenters. The van der Waals surface area contributed by atoms with Gasteiger partial charge in [-0.25, -0.2) is 8.42 Å². The van der Waals surface area contributed by atoms with Crippen molar-refractivity contribution in [2.45, 2.75) is 13.5 Å². The van der Waals surface area contributed by atoms with E-state index in [1.165, 1.54) is 0 Å². The third-order valence-electron chi connectivity index (χ3n) is 3.13. The van der Waals surface area contributed by atoms with Gasteiger partial charge >= 0.3 is 0 Å². The second-order valence-electron chi connectivity index (χ2n) is 4.55. The van der Waals surface area contributed by atoms with Crippen LogP contribution in [0.2, 0.25) is 0 Å². The van der Waals surface area contributed by atoms with Crippen molar-refractivity contribution in [3.63, 3.8) is 0 Å². The molecule has 6 heteroatoms. The highest BCUT2D eigenvalue weighted by molar-refractivity contribution is 7.91.